The summed E-state index contributed by atoms with van der Waals surface area (Å²) in [5.41, 5.74) is 15.0. The van der Waals surface area contributed by atoms with Gasteiger partial charge in [-0.3, -0.25) is 18.9 Å². The van der Waals surface area contributed by atoms with E-state index in [2.05, 4.69) is 43.6 Å². The van der Waals surface area contributed by atoms with Gasteiger partial charge in [0, 0.05) is 23.7 Å². The average molecular weight is 650 g/mol. The van der Waals surface area contributed by atoms with E-state index >= 15 is 0 Å². The second-order valence-corrected chi connectivity index (χ2v) is 12.9. The van der Waals surface area contributed by atoms with Crippen LogP contribution >= 0.6 is 23.5 Å². The van der Waals surface area contributed by atoms with E-state index in [0.29, 0.717) is 0 Å². The Labute approximate surface area is 234 Å². The van der Waals surface area contributed by atoms with Crippen molar-refractivity contribution < 1.29 is 55.9 Å². The van der Waals surface area contributed by atoms with Crippen LogP contribution in [0.1, 0.15) is 35.3 Å². The molecule has 0 spiro atoms. The topological polar surface area (TPSA) is 330 Å². The van der Waals surface area contributed by atoms with Gasteiger partial charge in [0.2, 0.25) is 0 Å². The van der Waals surface area contributed by atoms with Crippen LogP contribution < -0.4 is 5.73 Å². The highest BCUT2D eigenvalue weighted by Gasteiger charge is 2.44. The summed E-state index contributed by atoms with van der Waals surface area (Å²) >= 11 is 0. The molecule has 4 rings (SSSR count). The highest BCUT2D eigenvalue weighted by atomic mass is 31.3. The smallest absolute Gasteiger partial charge is 0.382 e. The fraction of sp³-hybridized carbons (Fsp3) is 0.412. The summed E-state index contributed by atoms with van der Waals surface area (Å²) in [4.78, 5) is 72.7. The van der Waals surface area contributed by atoms with Crippen molar-refractivity contribution in [1.29, 1.82) is 0 Å². The van der Waals surface area contributed by atoms with Crippen LogP contribution in [0.3, 0.4) is 0 Å². The highest BCUT2D eigenvalue weighted by Crippen LogP contribution is 2.66. The van der Waals surface area contributed by atoms with Crippen LogP contribution in [0.5, 0.6) is 0 Å². The fourth-order valence-electron chi connectivity index (χ4n) is 4.05. The molecule has 1 saturated heterocycles. The van der Waals surface area contributed by atoms with Gasteiger partial charge in [0.05, 0.1) is 31.3 Å². The molecule has 3 unspecified atom stereocenters. The van der Waals surface area contributed by atoms with Gasteiger partial charge in [0.1, 0.15) is 23.8 Å². The molecular formula is C17H21N10O12P3. The number of nitrogen functional groups attached to an aromatic ring is 1. The molecule has 3 aromatic heterocycles. The van der Waals surface area contributed by atoms with Crippen molar-refractivity contribution in [2.24, 2.45) is 11.0 Å². The fourth-order valence-corrected chi connectivity index (χ4v) is 7.08. The number of imidazole rings is 1. The third-order valence-electron chi connectivity index (χ3n) is 5.65. The van der Waals surface area contributed by atoms with Gasteiger partial charge in [-0.15, -0.1) is 0 Å². The first-order chi connectivity index (χ1) is 19.7. The number of rotatable bonds is 13. The number of Topliss-reactive ketones (excluding diaryl/α,β-unsaturated/α-hetero) is 1. The van der Waals surface area contributed by atoms with E-state index in [4.69, 9.17) is 30.3 Å². The Morgan fingerprint density at radius 2 is 1.86 bits per heavy atom. The van der Waals surface area contributed by atoms with Gasteiger partial charge in [-0.05, 0) is 17.9 Å². The Morgan fingerprint density at radius 3 is 2.57 bits per heavy atom. The highest BCUT2D eigenvalue weighted by molar-refractivity contribution is 7.66. The van der Waals surface area contributed by atoms with Gasteiger partial charge in [-0.25, -0.2) is 33.6 Å². The average Bonchev–Trinajstić information content (AvgIpc) is 3.49. The van der Waals surface area contributed by atoms with Crippen molar-refractivity contribution in [3.8, 4) is 0 Å². The molecule has 22 nitrogen and oxygen atoms in total. The molecule has 0 radical (unpaired) electrons. The Hall–Kier alpha value is -3.22. The largest absolute Gasteiger partial charge is 0.490 e. The van der Waals surface area contributed by atoms with Gasteiger partial charge < -0.3 is 30.0 Å². The van der Waals surface area contributed by atoms with Gasteiger partial charge in [-0.1, -0.05) is 5.11 Å². The number of phosphoric acid groups is 3. The first-order valence-electron chi connectivity index (χ1n) is 11.4. The van der Waals surface area contributed by atoms with E-state index in [0.717, 1.165) is 0 Å². The normalized spacial score (nSPS) is 21.9. The number of carbonyl (C=O) groups excluding carboxylic acids is 1. The number of ether oxygens (including phenoxy) is 1. The number of hydrogen-bond acceptors (Lipinski definition) is 15. The molecule has 25 heteroatoms. The predicted octanol–water partition coefficient (Wildman–Crippen LogP) is 1.53. The van der Waals surface area contributed by atoms with Crippen molar-refractivity contribution in [2.75, 3.05) is 12.3 Å². The van der Waals surface area contributed by atoms with E-state index < -0.39 is 54.1 Å². The molecule has 0 amide bonds. The van der Waals surface area contributed by atoms with Gasteiger partial charge >= 0.3 is 23.5 Å². The van der Waals surface area contributed by atoms with Gasteiger partial charge in [0.15, 0.2) is 17.2 Å². The van der Waals surface area contributed by atoms with E-state index in [-0.39, 0.29) is 47.8 Å². The Balaban J connectivity index is 1.57. The lowest BCUT2D eigenvalue weighted by atomic mass is 9.93. The van der Waals surface area contributed by atoms with Crippen molar-refractivity contribution in [3.63, 3.8) is 0 Å². The summed E-state index contributed by atoms with van der Waals surface area (Å²) in [6.07, 6.45) is 2.87. The molecule has 0 aromatic carbocycles. The molecule has 42 heavy (non-hydrogen) atoms. The summed E-state index contributed by atoms with van der Waals surface area (Å²) in [5.74, 6) is -1.23. The zero-order valence-electron chi connectivity index (χ0n) is 20.9. The van der Waals surface area contributed by atoms with E-state index in [1.807, 2.05) is 0 Å². The number of anilines is 1. The summed E-state index contributed by atoms with van der Waals surface area (Å²) in [6, 6.07) is 0. The second-order valence-electron chi connectivity index (χ2n) is 8.46. The standard InChI is InChI=1S/C17H21N10O12P3/c18-16-15-17(23-7-22-16)27(8-24-15)13-4-9(3-11(28)14-10(5-25-26-19)20-1-2-21-14)12(37-13)6-36-41(32,33)39-42(34,35)38-40(29,30)31/h1-2,7-9,12-13H,3-6H2,(H,32,33)(H,34,35)(H2,18,22,23)(H2,29,30,31)/t9?,12-,13-/m1/s1. The zero-order valence-corrected chi connectivity index (χ0v) is 23.6. The molecular weight excluding hydrogens is 629 g/mol. The first-order valence-corrected chi connectivity index (χ1v) is 15.9. The van der Waals surface area contributed by atoms with Crippen LogP contribution in [0.25, 0.3) is 21.6 Å². The maximum atomic E-state index is 13.2. The molecule has 6 N–H and O–H groups in total. The number of nitrogens with two attached hydrogens (primary N) is 1. The number of ketones is 1. The van der Waals surface area contributed by atoms with Crippen molar-refractivity contribution in [3.05, 3.63) is 46.9 Å². The van der Waals surface area contributed by atoms with Gasteiger partial charge in [-0.2, -0.15) is 8.62 Å². The monoisotopic (exact) mass is 650 g/mol. The van der Waals surface area contributed by atoms with E-state index in [1.54, 1.807) is 0 Å². The minimum atomic E-state index is -5.76. The molecule has 4 heterocycles. The Bertz CT molecular complexity index is 1680. The van der Waals surface area contributed by atoms with Crippen LogP contribution in [0.15, 0.2) is 30.2 Å². The third kappa shape index (κ3) is 7.99. The summed E-state index contributed by atoms with van der Waals surface area (Å²) in [7, 11) is -16.8. The number of aromatic nitrogens is 6. The number of phosphoric ester groups is 1. The molecule has 1 fully saturated rings. The molecule has 0 bridgehead atoms. The van der Waals surface area contributed by atoms with E-state index in [1.165, 1.54) is 29.6 Å². The number of hydrogen-bond donors (Lipinski definition) is 5. The minimum absolute atomic E-state index is 0.0808. The Morgan fingerprint density at radius 1 is 1.12 bits per heavy atom. The SMILES string of the molecule is [N-]=[N+]=NCc1nccnc1C(=O)CC1C[C@H](n2cnc3c(N)ncnc32)O[C@@H]1COP(=O)(O)OP(=O)(O)OP(=O)(O)O. The third-order valence-corrected chi connectivity index (χ3v) is 9.45. The lowest BCUT2D eigenvalue weighted by Gasteiger charge is -2.21. The lowest BCUT2D eigenvalue weighted by Crippen LogP contribution is -2.25. The van der Waals surface area contributed by atoms with Crippen LogP contribution in [-0.2, 0) is 38.1 Å². The Kier molecular flexibility index (Phi) is 9.49. The number of carbonyl (C=O) groups is 1. The van der Waals surface area contributed by atoms with Crippen LogP contribution in [-0.4, -0.2) is 67.6 Å². The number of fused-ring (bicyclic) bond motifs is 1. The summed E-state index contributed by atoms with van der Waals surface area (Å²) in [6.45, 7) is -1.07. The molecule has 226 valence electrons. The molecule has 1 aliphatic heterocycles. The van der Waals surface area contributed by atoms with Crippen LogP contribution in [0, 0.1) is 5.92 Å². The molecule has 0 aliphatic carbocycles. The first kappa shape index (κ1) is 31.7. The van der Waals surface area contributed by atoms with Crippen molar-refractivity contribution in [2.45, 2.75) is 31.7 Å². The molecule has 3 aromatic rings. The maximum absolute atomic E-state index is 13.2. The second kappa shape index (κ2) is 12.6. The molecule has 0 saturated carbocycles. The van der Waals surface area contributed by atoms with Crippen molar-refractivity contribution >= 4 is 46.2 Å². The minimum Gasteiger partial charge on any atom is -0.382 e. The quantitative estimate of drug-likeness (QED) is 0.0575. The number of nitrogens with zero attached hydrogens (tertiary/aromatic N) is 9. The van der Waals surface area contributed by atoms with Crippen molar-refractivity contribution in [1.82, 2.24) is 29.5 Å². The van der Waals surface area contributed by atoms with E-state index in [9.17, 15) is 28.3 Å². The zero-order chi connectivity index (χ0) is 30.7. The van der Waals surface area contributed by atoms with Crippen LogP contribution in [0.4, 0.5) is 5.82 Å². The lowest BCUT2D eigenvalue weighted by molar-refractivity contribution is -0.0287. The maximum Gasteiger partial charge on any atom is 0.490 e. The number of azide groups is 1. The molecule has 1 aliphatic rings. The summed E-state index contributed by atoms with van der Waals surface area (Å²) in [5, 5.41) is 3.39. The predicted molar refractivity (Wildman–Crippen MR) is 135 cm³/mol. The molecule has 5 atom stereocenters. The van der Waals surface area contributed by atoms with Gasteiger partial charge in [0.25, 0.3) is 0 Å². The van der Waals surface area contributed by atoms with Crippen LogP contribution in [0.2, 0.25) is 0 Å². The summed E-state index contributed by atoms with van der Waals surface area (Å²) < 4.78 is 54.5.